The van der Waals surface area contributed by atoms with Crippen LogP contribution in [0.2, 0.25) is 0 Å². The third-order valence-corrected chi connectivity index (χ3v) is 2.75. The first-order valence-electron chi connectivity index (χ1n) is 5.05. The Balaban J connectivity index is 2.48. The van der Waals surface area contributed by atoms with E-state index in [1.807, 2.05) is 0 Å². The molecule has 0 unspecified atom stereocenters. The highest BCUT2D eigenvalue weighted by Crippen LogP contribution is 2.23. The van der Waals surface area contributed by atoms with E-state index in [0.717, 1.165) is 12.8 Å². The topological polar surface area (TPSA) is 43.7 Å². The molecule has 0 amide bonds. The maximum Gasteiger partial charge on any atom is 0.415 e. The van der Waals surface area contributed by atoms with Crippen LogP contribution >= 0.6 is 0 Å². The summed E-state index contributed by atoms with van der Waals surface area (Å²) in [5.41, 5.74) is 0. The van der Waals surface area contributed by atoms with Crippen molar-refractivity contribution in [3.05, 3.63) is 0 Å². The van der Waals surface area contributed by atoms with Crippen LogP contribution in [0.15, 0.2) is 0 Å². The fraction of sp³-hybridized carbons (Fsp3) is 1.00. The number of β-amino-alcohol motifs (C(OH)–C–C–N with tert-alkyl or cyclic N) is 1. The van der Waals surface area contributed by atoms with E-state index in [4.69, 9.17) is 10.2 Å². The van der Waals surface area contributed by atoms with Crippen LogP contribution in [0.25, 0.3) is 0 Å². The maximum absolute atomic E-state index is 12.1. The van der Waals surface area contributed by atoms with Crippen LogP contribution in [-0.2, 0) is 0 Å². The zero-order valence-corrected chi connectivity index (χ0v) is 8.37. The quantitative estimate of drug-likeness (QED) is 0.748. The van der Waals surface area contributed by atoms with Gasteiger partial charge >= 0.3 is 6.18 Å². The van der Waals surface area contributed by atoms with Crippen LogP contribution in [-0.4, -0.2) is 53.1 Å². The summed E-state index contributed by atoms with van der Waals surface area (Å²) in [5, 5.41) is 17.9. The zero-order valence-electron chi connectivity index (χ0n) is 8.37. The summed E-state index contributed by atoms with van der Waals surface area (Å²) in [5.74, 6) is 0. The van der Waals surface area contributed by atoms with Gasteiger partial charge in [0.2, 0.25) is 0 Å². The summed E-state index contributed by atoms with van der Waals surface area (Å²) in [7, 11) is 0. The van der Waals surface area contributed by atoms with E-state index in [2.05, 4.69) is 0 Å². The maximum atomic E-state index is 12.1. The molecule has 90 valence electrons. The van der Waals surface area contributed by atoms with Crippen molar-refractivity contribution in [2.75, 3.05) is 19.7 Å². The van der Waals surface area contributed by atoms with E-state index in [-0.39, 0.29) is 12.6 Å². The van der Waals surface area contributed by atoms with Gasteiger partial charge in [-0.1, -0.05) is 6.42 Å². The minimum Gasteiger partial charge on any atom is -0.395 e. The van der Waals surface area contributed by atoms with Crippen molar-refractivity contribution in [1.82, 2.24) is 4.90 Å². The molecule has 0 aromatic heterocycles. The van der Waals surface area contributed by atoms with Gasteiger partial charge in [-0.15, -0.1) is 0 Å². The molecule has 1 heterocycles. The number of hydrogen-bond acceptors (Lipinski definition) is 3. The molecule has 1 aliphatic rings. The number of piperidine rings is 1. The van der Waals surface area contributed by atoms with E-state index >= 15 is 0 Å². The molecule has 2 N–H and O–H groups in total. The van der Waals surface area contributed by atoms with Crippen LogP contribution in [0.3, 0.4) is 0 Å². The Morgan fingerprint density at radius 1 is 1.33 bits per heavy atom. The number of aliphatic hydroxyl groups is 2. The number of nitrogens with zero attached hydrogens (tertiary/aromatic N) is 1. The first kappa shape index (κ1) is 12.7. The fourth-order valence-electron chi connectivity index (χ4n) is 1.83. The minimum absolute atomic E-state index is 0.148. The zero-order chi connectivity index (χ0) is 11.5. The number of rotatable bonds is 3. The highest BCUT2D eigenvalue weighted by atomic mass is 19.4. The van der Waals surface area contributed by atoms with Crippen LogP contribution in [0.4, 0.5) is 13.2 Å². The first-order chi connectivity index (χ1) is 6.95. The summed E-state index contributed by atoms with van der Waals surface area (Å²) < 4.78 is 36.3. The van der Waals surface area contributed by atoms with Crippen LogP contribution in [0.1, 0.15) is 19.3 Å². The van der Waals surface area contributed by atoms with Gasteiger partial charge in [0.1, 0.15) is 0 Å². The predicted molar refractivity (Wildman–Crippen MR) is 48.4 cm³/mol. The van der Waals surface area contributed by atoms with Gasteiger partial charge in [0.25, 0.3) is 0 Å². The van der Waals surface area contributed by atoms with Gasteiger partial charge in [-0.25, -0.2) is 0 Å². The van der Waals surface area contributed by atoms with E-state index in [1.54, 1.807) is 0 Å². The van der Waals surface area contributed by atoms with Crippen molar-refractivity contribution >= 4 is 0 Å². The lowest BCUT2D eigenvalue weighted by Gasteiger charge is -2.36. The molecule has 0 radical (unpaired) electrons. The van der Waals surface area contributed by atoms with Gasteiger partial charge < -0.3 is 10.2 Å². The molecule has 0 aliphatic carbocycles. The van der Waals surface area contributed by atoms with Gasteiger partial charge in [-0.2, -0.15) is 13.2 Å². The molecular formula is C9H16F3NO2. The summed E-state index contributed by atoms with van der Waals surface area (Å²) >= 11 is 0. The van der Waals surface area contributed by atoms with Crippen molar-refractivity contribution < 1.29 is 23.4 Å². The molecular weight excluding hydrogens is 211 g/mol. The lowest BCUT2D eigenvalue weighted by Crippen LogP contribution is -2.48. The van der Waals surface area contributed by atoms with Crippen molar-refractivity contribution in [3.63, 3.8) is 0 Å². The highest BCUT2D eigenvalue weighted by Gasteiger charge is 2.40. The monoisotopic (exact) mass is 227 g/mol. The molecule has 0 aromatic rings. The van der Waals surface area contributed by atoms with Gasteiger partial charge in [-0.05, 0) is 19.4 Å². The summed E-state index contributed by atoms with van der Waals surface area (Å²) in [4.78, 5) is 1.52. The number of hydrogen-bond donors (Lipinski definition) is 2. The lowest BCUT2D eigenvalue weighted by molar-refractivity contribution is -0.210. The highest BCUT2D eigenvalue weighted by molar-refractivity contribution is 4.80. The molecule has 1 saturated heterocycles. The van der Waals surface area contributed by atoms with E-state index in [0.29, 0.717) is 13.0 Å². The SMILES string of the molecule is OC[C@@H]1CCCCN1C[C@@H](O)C(F)(F)F. The normalized spacial score (nSPS) is 26.6. The number of alkyl halides is 3. The van der Waals surface area contributed by atoms with Gasteiger partial charge in [0.05, 0.1) is 6.61 Å². The van der Waals surface area contributed by atoms with E-state index in [1.165, 1.54) is 4.90 Å². The summed E-state index contributed by atoms with van der Waals surface area (Å²) in [6.07, 6.45) is -4.45. The molecule has 1 aliphatic heterocycles. The lowest BCUT2D eigenvalue weighted by atomic mass is 10.0. The Kier molecular flexibility index (Phi) is 4.36. The number of halogens is 3. The largest absolute Gasteiger partial charge is 0.415 e. The van der Waals surface area contributed by atoms with Crippen molar-refractivity contribution in [3.8, 4) is 0 Å². The Labute approximate surface area is 86.5 Å². The van der Waals surface area contributed by atoms with Gasteiger partial charge in [0.15, 0.2) is 6.10 Å². The second-order valence-corrected chi connectivity index (χ2v) is 3.88. The van der Waals surface area contributed by atoms with Crippen LogP contribution in [0.5, 0.6) is 0 Å². The Bertz CT molecular complexity index is 198. The first-order valence-corrected chi connectivity index (χ1v) is 5.05. The van der Waals surface area contributed by atoms with Crippen molar-refractivity contribution in [2.45, 2.75) is 37.6 Å². The molecule has 0 bridgehead atoms. The average molecular weight is 227 g/mol. The molecule has 3 nitrogen and oxygen atoms in total. The van der Waals surface area contributed by atoms with E-state index < -0.39 is 18.8 Å². The molecule has 1 rings (SSSR count). The van der Waals surface area contributed by atoms with Crippen LogP contribution < -0.4 is 0 Å². The number of aliphatic hydroxyl groups excluding tert-OH is 2. The Morgan fingerprint density at radius 3 is 2.53 bits per heavy atom. The fourth-order valence-corrected chi connectivity index (χ4v) is 1.83. The van der Waals surface area contributed by atoms with Gasteiger partial charge in [0, 0.05) is 12.6 Å². The minimum atomic E-state index is -4.57. The molecule has 6 heteroatoms. The second kappa shape index (κ2) is 5.14. The van der Waals surface area contributed by atoms with Gasteiger partial charge in [-0.3, -0.25) is 4.90 Å². The predicted octanol–water partition coefficient (Wildman–Crippen LogP) is 0.756. The molecule has 1 fully saturated rings. The third-order valence-electron chi connectivity index (χ3n) is 2.75. The molecule has 0 aromatic carbocycles. The second-order valence-electron chi connectivity index (χ2n) is 3.88. The standard InChI is InChI=1S/C9H16F3NO2/c10-9(11,12)8(15)5-13-4-2-1-3-7(13)6-14/h7-8,14-15H,1-6H2/t7-,8+/m0/s1. The van der Waals surface area contributed by atoms with E-state index in [9.17, 15) is 13.2 Å². The summed E-state index contributed by atoms with van der Waals surface area (Å²) in [6.45, 7) is -0.0718. The molecule has 0 spiro atoms. The molecule has 2 atom stereocenters. The van der Waals surface area contributed by atoms with Crippen LogP contribution in [0, 0.1) is 0 Å². The Morgan fingerprint density at radius 2 is 2.00 bits per heavy atom. The number of likely N-dealkylation sites (tertiary alicyclic amines) is 1. The Hall–Kier alpha value is -0.330. The summed E-state index contributed by atoms with van der Waals surface area (Å²) in [6, 6.07) is -0.240. The van der Waals surface area contributed by atoms with Crippen molar-refractivity contribution in [2.24, 2.45) is 0 Å². The molecule has 15 heavy (non-hydrogen) atoms. The average Bonchev–Trinajstić information content (AvgIpc) is 2.17. The van der Waals surface area contributed by atoms with Crippen molar-refractivity contribution in [1.29, 1.82) is 0 Å². The third kappa shape index (κ3) is 3.62. The molecule has 0 saturated carbocycles. The smallest absolute Gasteiger partial charge is 0.395 e.